The summed E-state index contributed by atoms with van der Waals surface area (Å²) >= 11 is 0. The topological polar surface area (TPSA) is 75.7 Å². The SMILES string of the molecule is COC(=O)C1NC(c2ccc(F)cc2)(c2ccc(F)cc2)C2C(=O)N(c3ccccc3)C(=O)C12. The number of hydrogen-bond donors (Lipinski definition) is 1. The molecule has 2 fully saturated rings. The van der Waals surface area contributed by atoms with Gasteiger partial charge in [-0.15, -0.1) is 0 Å². The number of hydrogen-bond acceptors (Lipinski definition) is 5. The van der Waals surface area contributed by atoms with E-state index < -0.39 is 52.8 Å². The number of halogens is 2. The quantitative estimate of drug-likeness (QED) is 0.476. The molecular formula is C26H20F2N2O4. The molecule has 2 heterocycles. The van der Waals surface area contributed by atoms with Crippen LogP contribution in [0.15, 0.2) is 78.9 Å². The zero-order valence-corrected chi connectivity index (χ0v) is 18.1. The second kappa shape index (κ2) is 8.14. The molecule has 2 amide bonds. The van der Waals surface area contributed by atoms with E-state index in [1.54, 1.807) is 30.3 Å². The number of nitrogens with zero attached hydrogens (tertiary/aromatic N) is 1. The summed E-state index contributed by atoms with van der Waals surface area (Å²) in [4.78, 5) is 41.4. The Bertz CT molecular complexity index is 1220. The fourth-order valence-electron chi connectivity index (χ4n) is 5.19. The number of amides is 2. The van der Waals surface area contributed by atoms with E-state index in [1.807, 2.05) is 0 Å². The zero-order chi connectivity index (χ0) is 24.0. The minimum absolute atomic E-state index is 0.377. The van der Waals surface area contributed by atoms with E-state index in [0.717, 1.165) is 4.90 Å². The van der Waals surface area contributed by atoms with Crippen LogP contribution < -0.4 is 10.2 Å². The Morgan fingerprint density at radius 2 is 1.38 bits per heavy atom. The number of nitrogens with one attached hydrogen (secondary N) is 1. The summed E-state index contributed by atoms with van der Waals surface area (Å²) in [5.41, 5.74) is -0.125. The van der Waals surface area contributed by atoms with Crippen LogP contribution in [0.5, 0.6) is 0 Å². The van der Waals surface area contributed by atoms with Crippen LogP contribution in [0.2, 0.25) is 0 Å². The van der Waals surface area contributed by atoms with Crippen molar-refractivity contribution in [3.8, 4) is 0 Å². The van der Waals surface area contributed by atoms with Crippen LogP contribution >= 0.6 is 0 Å². The molecule has 3 aromatic rings. The molecule has 1 N–H and O–H groups in total. The van der Waals surface area contributed by atoms with Gasteiger partial charge in [0.15, 0.2) is 0 Å². The Labute approximate surface area is 194 Å². The first-order valence-electron chi connectivity index (χ1n) is 10.7. The van der Waals surface area contributed by atoms with E-state index in [4.69, 9.17) is 4.74 Å². The highest BCUT2D eigenvalue weighted by Gasteiger charge is 2.68. The number of esters is 1. The molecular weight excluding hydrogens is 442 g/mol. The minimum Gasteiger partial charge on any atom is -0.468 e. The first-order chi connectivity index (χ1) is 16.4. The maximum absolute atomic E-state index is 13.9. The highest BCUT2D eigenvalue weighted by Crippen LogP contribution is 2.52. The summed E-state index contributed by atoms with van der Waals surface area (Å²) in [5.74, 6) is -4.91. The number of rotatable bonds is 4. The molecule has 3 aromatic carbocycles. The Balaban J connectivity index is 1.76. The molecule has 172 valence electrons. The molecule has 5 rings (SSSR count). The number of benzene rings is 3. The molecule has 0 saturated carbocycles. The molecule has 3 atom stereocenters. The van der Waals surface area contributed by atoms with Crippen LogP contribution in [-0.2, 0) is 24.7 Å². The van der Waals surface area contributed by atoms with Crippen LogP contribution in [0.1, 0.15) is 11.1 Å². The highest BCUT2D eigenvalue weighted by molar-refractivity contribution is 6.24. The number of fused-ring (bicyclic) bond motifs is 1. The Morgan fingerprint density at radius 3 is 1.88 bits per heavy atom. The molecule has 0 aliphatic carbocycles. The summed E-state index contributed by atoms with van der Waals surface area (Å²) in [6, 6.07) is 18.2. The van der Waals surface area contributed by atoms with E-state index in [1.165, 1.54) is 55.6 Å². The summed E-state index contributed by atoms with van der Waals surface area (Å²) in [6.07, 6.45) is 0. The number of methoxy groups -OCH3 is 1. The molecule has 3 unspecified atom stereocenters. The van der Waals surface area contributed by atoms with Crippen molar-refractivity contribution in [1.82, 2.24) is 5.32 Å². The van der Waals surface area contributed by atoms with E-state index in [2.05, 4.69) is 5.32 Å². The molecule has 0 radical (unpaired) electrons. The lowest BCUT2D eigenvalue weighted by molar-refractivity contribution is -0.145. The van der Waals surface area contributed by atoms with Crippen LogP contribution in [0.25, 0.3) is 0 Å². The van der Waals surface area contributed by atoms with Crippen LogP contribution in [0, 0.1) is 23.5 Å². The Hall–Kier alpha value is -3.91. The van der Waals surface area contributed by atoms with Crippen molar-refractivity contribution in [2.75, 3.05) is 12.0 Å². The predicted molar refractivity (Wildman–Crippen MR) is 118 cm³/mol. The third-order valence-electron chi connectivity index (χ3n) is 6.63. The summed E-state index contributed by atoms with van der Waals surface area (Å²) in [7, 11) is 1.20. The predicted octanol–water partition coefficient (Wildman–Crippen LogP) is 3.16. The van der Waals surface area contributed by atoms with E-state index in [9.17, 15) is 23.2 Å². The third-order valence-corrected chi connectivity index (χ3v) is 6.63. The Morgan fingerprint density at radius 1 is 0.853 bits per heavy atom. The van der Waals surface area contributed by atoms with Gasteiger partial charge in [-0.1, -0.05) is 42.5 Å². The number of carbonyl (C=O) groups is 3. The molecule has 2 aliphatic rings. The Kier molecular flexibility index (Phi) is 5.25. The highest BCUT2D eigenvalue weighted by atomic mass is 19.1. The van der Waals surface area contributed by atoms with Gasteiger partial charge in [-0.3, -0.25) is 19.7 Å². The van der Waals surface area contributed by atoms with Gasteiger partial charge >= 0.3 is 5.97 Å². The molecule has 2 saturated heterocycles. The smallest absolute Gasteiger partial charge is 0.323 e. The van der Waals surface area contributed by atoms with Gasteiger partial charge in [0, 0.05) is 0 Å². The second-order valence-electron chi connectivity index (χ2n) is 8.32. The van der Waals surface area contributed by atoms with Crippen molar-refractivity contribution in [1.29, 1.82) is 0 Å². The first kappa shape index (κ1) is 21.9. The molecule has 0 spiro atoms. The van der Waals surface area contributed by atoms with Gasteiger partial charge in [-0.2, -0.15) is 0 Å². The van der Waals surface area contributed by atoms with Crippen molar-refractivity contribution >= 4 is 23.5 Å². The molecule has 2 aliphatic heterocycles. The number of carbonyl (C=O) groups excluding carboxylic acids is 3. The normalized spacial score (nSPS) is 23.1. The molecule has 8 heteroatoms. The van der Waals surface area contributed by atoms with Gasteiger partial charge < -0.3 is 4.74 Å². The van der Waals surface area contributed by atoms with Crippen LogP contribution in [0.4, 0.5) is 14.5 Å². The standard InChI is InChI=1S/C26H20F2N2O4/c1-34-25(33)22-20-21(24(32)30(23(20)31)19-5-3-2-4-6-19)26(29-22,15-7-11-17(27)12-8-15)16-9-13-18(28)14-10-16/h2-14,20-22,29H,1H3. The largest absolute Gasteiger partial charge is 0.468 e. The average Bonchev–Trinajstić information content (AvgIpc) is 3.34. The number of imide groups is 1. The fourth-order valence-corrected chi connectivity index (χ4v) is 5.19. The number of ether oxygens (including phenoxy) is 1. The van der Waals surface area contributed by atoms with Crippen LogP contribution in [0.3, 0.4) is 0 Å². The van der Waals surface area contributed by atoms with Gasteiger partial charge in [-0.05, 0) is 47.5 Å². The average molecular weight is 462 g/mol. The van der Waals surface area contributed by atoms with Gasteiger partial charge in [0.25, 0.3) is 0 Å². The summed E-state index contributed by atoms with van der Waals surface area (Å²) in [5, 5.41) is 3.17. The van der Waals surface area contributed by atoms with Crippen molar-refractivity contribution in [2.24, 2.45) is 11.8 Å². The molecule has 0 aromatic heterocycles. The maximum atomic E-state index is 13.9. The fraction of sp³-hybridized carbons (Fsp3) is 0.192. The van der Waals surface area contributed by atoms with E-state index in [-0.39, 0.29) is 0 Å². The lowest BCUT2D eigenvalue weighted by Gasteiger charge is -2.36. The minimum atomic E-state index is -1.42. The summed E-state index contributed by atoms with van der Waals surface area (Å²) in [6.45, 7) is 0. The van der Waals surface area contributed by atoms with Crippen molar-refractivity contribution < 1.29 is 27.9 Å². The van der Waals surface area contributed by atoms with Crippen molar-refractivity contribution in [3.63, 3.8) is 0 Å². The lowest BCUT2D eigenvalue weighted by atomic mass is 9.71. The molecule has 34 heavy (non-hydrogen) atoms. The maximum Gasteiger partial charge on any atom is 0.323 e. The summed E-state index contributed by atoms with van der Waals surface area (Å²) < 4.78 is 32.6. The number of anilines is 1. The van der Waals surface area contributed by atoms with Gasteiger partial charge in [0.05, 0.1) is 30.2 Å². The number of para-hydroxylation sites is 1. The molecule has 0 bridgehead atoms. The van der Waals surface area contributed by atoms with Gasteiger partial charge in [0.1, 0.15) is 17.7 Å². The third kappa shape index (κ3) is 3.13. The second-order valence-corrected chi connectivity index (χ2v) is 8.32. The van der Waals surface area contributed by atoms with Crippen molar-refractivity contribution in [3.05, 3.63) is 102 Å². The zero-order valence-electron chi connectivity index (χ0n) is 18.1. The van der Waals surface area contributed by atoms with E-state index >= 15 is 0 Å². The van der Waals surface area contributed by atoms with Crippen LogP contribution in [-0.4, -0.2) is 30.9 Å². The monoisotopic (exact) mass is 462 g/mol. The van der Waals surface area contributed by atoms with Gasteiger partial charge in [0.2, 0.25) is 11.8 Å². The van der Waals surface area contributed by atoms with Gasteiger partial charge in [-0.25, -0.2) is 13.7 Å². The molecule has 6 nitrogen and oxygen atoms in total. The lowest BCUT2D eigenvalue weighted by Crippen LogP contribution is -2.52. The first-order valence-corrected chi connectivity index (χ1v) is 10.7. The van der Waals surface area contributed by atoms with Crippen molar-refractivity contribution in [2.45, 2.75) is 11.6 Å². The van der Waals surface area contributed by atoms with E-state index in [0.29, 0.717) is 16.8 Å².